The van der Waals surface area contributed by atoms with E-state index in [0.29, 0.717) is 0 Å². The number of nitrogens with two attached hydrogens (primary N) is 1. The molecule has 1 heterocycles. The van der Waals surface area contributed by atoms with Crippen molar-refractivity contribution in [2.75, 3.05) is 5.73 Å². The second kappa shape index (κ2) is 3.98. The molecule has 15 heavy (non-hydrogen) atoms. The van der Waals surface area contributed by atoms with Crippen molar-refractivity contribution in [2.24, 2.45) is 7.05 Å². The first-order valence-corrected chi connectivity index (χ1v) is 5.49. The molecule has 1 aromatic heterocycles. The number of nitrogen functional groups attached to an aromatic ring is 1. The number of aryl methyl sites for hydroxylation is 2. The predicted octanol–water partition coefficient (Wildman–Crippen LogP) is 2.46. The maximum Gasteiger partial charge on any atom is 0.0629 e. The Morgan fingerprint density at radius 1 is 1.40 bits per heavy atom. The molecule has 1 aromatic carbocycles. The molecule has 0 spiro atoms. The molecule has 0 atom stereocenters. The Balaban J connectivity index is 2.27. The van der Waals surface area contributed by atoms with Gasteiger partial charge in [0.15, 0.2) is 0 Å². The number of aromatic nitrogens is 2. The zero-order valence-corrected chi connectivity index (χ0v) is 9.58. The SMILES string of the molecule is Cc1ccc(N)c(Sc2cnn(C)c2)c1. The molecule has 0 aliphatic rings. The first-order valence-electron chi connectivity index (χ1n) is 4.68. The Morgan fingerprint density at radius 2 is 2.20 bits per heavy atom. The summed E-state index contributed by atoms with van der Waals surface area (Å²) in [6.45, 7) is 2.06. The lowest BCUT2D eigenvalue weighted by Gasteiger charge is -2.04. The van der Waals surface area contributed by atoms with Crippen molar-refractivity contribution in [2.45, 2.75) is 16.7 Å². The molecule has 4 heteroatoms. The third-order valence-corrected chi connectivity index (χ3v) is 3.10. The van der Waals surface area contributed by atoms with E-state index in [2.05, 4.69) is 18.1 Å². The van der Waals surface area contributed by atoms with Gasteiger partial charge in [-0.25, -0.2) is 0 Å². The third-order valence-electron chi connectivity index (χ3n) is 2.08. The number of nitrogens with zero attached hydrogens (tertiary/aromatic N) is 2. The van der Waals surface area contributed by atoms with E-state index in [4.69, 9.17) is 5.73 Å². The molecule has 0 aliphatic carbocycles. The lowest BCUT2D eigenvalue weighted by atomic mass is 10.2. The minimum atomic E-state index is 0.814. The zero-order chi connectivity index (χ0) is 10.8. The van der Waals surface area contributed by atoms with Crippen LogP contribution < -0.4 is 5.73 Å². The minimum absolute atomic E-state index is 0.814. The highest BCUT2D eigenvalue weighted by molar-refractivity contribution is 7.99. The van der Waals surface area contributed by atoms with Gasteiger partial charge in [0.25, 0.3) is 0 Å². The number of anilines is 1. The Labute approximate surface area is 93.3 Å². The van der Waals surface area contributed by atoms with Gasteiger partial charge in [-0.15, -0.1) is 0 Å². The summed E-state index contributed by atoms with van der Waals surface area (Å²) in [5.74, 6) is 0. The van der Waals surface area contributed by atoms with Gasteiger partial charge in [0, 0.05) is 23.8 Å². The normalized spacial score (nSPS) is 10.5. The maximum atomic E-state index is 5.90. The van der Waals surface area contributed by atoms with Crippen LogP contribution in [0.25, 0.3) is 0 Å². The van der Waals surface area contributed by atoms with Crippen LogP contribution in [0.2, 0.25) is 0 Å². The molecule has 3 nitrogen and oxygen atoms in total. The molecular formula is C11H13N3S. The van der Waals surface area contributed by atoms with E-state index >= 15 is 0 Å². The number of rotatable bonds is 2. The average molecular weight is 219 g/mol. The molecule has 0 amide bonds. The molecule has 0 bridgehead atoms. The van der Waals surface area contributed by atoms with Crippen LogP contribution in [0.5, 0.6) is 0 Å². The quantitative estimate of drug-likeness (QED) is 0.789. The van der Waals surface area contributed by atoms with Gasteiger partial charge in [-0.2, -0.15) is 5.10 Å². The maximum absolute atomic E-state index is 5.90. The van der Waals surface area contributed by atoms with E-state index in [-0.39, 0.29) is 0 Å². The summed E-state index contributed by atoms with van der Waals surface area (Å²) in [7, 11) is 1.91. The van der Waals surface area contributed by atoms with E-state index in [1.165, 1.54) is 5.56 Å². The monoisotopic (exact) mass is 219 g/mol. The molecule has 0 unspecified atom stereocenters. The number of hydrogen-bond donors (Lipinski definition) is 1. The van der Waals surface area contributed by atoms with E-state index in [0.717, 1.165) is 15.5 Å². The zero-order valence-electron chi connectivity index (χ0n) is 8.77. The topological polar surface area (TPSA) is 43.8 Å². The lowest BCUT2D eigenvalue weighted by Crippen LogP contribution is -1.88. The molecule has 2 aromatic rings. The Hall–Kier alpha value is -1.42. The van der Waals surface area contributed by atoms with Crippen molar-refractivity contribution in [3.8, 4) is 0 Å². The second-order valence-corrected chi connectivity index (χ2v) is 4.61. The lowest BCUT2D eigenvalue weighted by molar-refractivity contribution is 0.766. The van der Waals surface area contributed by atoms with Crippen molar-refractivity contribution >= 4 is 17.4 Å². The fourth-order valence-corrected chi connectivity index (χ4v) is 2.30. The molecule has 0 aliphatic heterocycles. The van der Waals surface area contributed by atoms with Gasteiger partial charge in [0.2, 0.25) is 0 Å². The van der Waals surface area contributed by atoms with Crippen LogP contribution in [0, 0.1) is 6.92 Å². The summed E-state index contributed by atoms with van der Waals surface area (Å²) in [6, 6.07) is 6.05. The first-order chi connectivity index (χ1) is 7.15. The fraction of sp³-hybridized carbons (Fsp3) is 0.182. The van der Waals surface area contributed by atoms with E-state index in [1.807, 2.05) is 31.6 Å². The third kappa shape index (κ3) is 2.33. The first kappa shape index (κ1) is 10.1. The molecule has 0 saturated heterocycles. The molecule has 2 rings (SSSR count). The van der Waals surface area contributed by atoms with Gasteiger partial charge in [0.1, 0.15) is 0 Å². The molecule has 0 radical (unpaired) electrons. The summed E-state index contributed by atoms with van der Waals surface area (Å²) in [5.41, 5.74) is 7.93. The standard InChI is InChI=1S/C11H13N3S/c1-8-3-4-10(12)11(5-8)15-9-6-13-14(2)7-9/h3-7H,12H2,1-2H3. The van der Waals surface area contributed by atoms with Crippen LogP contribution in [0.4, 0.5) is 5.69 Å². The summed E-state index contributed by atoms with van der Waals surface area (Å²) in [6.07, 6.45) is 3.82. The fourth-order valence-electron chi connectivity index (χ4n) is 1.31. The number of benzene rings is 1. The van der Waals surface area contributed by atoms with Crippen molar-refractivity contribution in [3.05, 3.63) is 36.2 Å². The Kier molecular flexibility index (Phi) is 2.68. The van der Waals surface area contributed by atoms with Crippen molar-refractivity contribution in [1.29, 1.82) is 0 Å². The van der Waals surface area contributed by atoms with Crippen LogP contribution >= 0.6 is 11.8 Å². The summed E-state index contributed by atoms with van der Waals surface area (Å²) in [4.78, 5) is 2.19. The van der Waals surface area contributed by atoms with E-state index in [1.54, 1.807) is 16.4 Å². The van der Waals surface area contributed by atoms with E-state index in [9.17, 15) is 0 Å². The predicted molar refractivity (Wildman–Crippen MR) is 62.9 cm³/mol. The minimum Gasteiger partial charge on any atom is -0.398 e. The highest BCUT2D eigenvalue weighted by Gasteiger charge is 2.03. The summed E-state index contributed by atoms with van der Waals surface area (Å²) < 4.78 is 1.79. The largest absolute Gasteiger partial charge is 0.398 e. The molecule has 2 N–H and O–H groups in total. The van der Waals surface area contributed by atoms with Gasteiger partial charge in [0.05, 0.1) is 11.1 Å². The van der Waals surface area contributed by atoms with Crippen molar-refractivity contribution < 1.29 is 0 Å². The van der Waals surface area contributed by atoms with Gasteiger partial charge >= 0.3 is 0 Å². The van der Waals surface area contributed by atoms with Crippen LogP contribution in [0.15, 0.2) is 40.4 Å². The Bertz CT molecular complexity index is 476. The molecule has 78 valence electrons. The van der Waals surface area contributed by atoms with Gasteiger partial charge in [-0.05, 0) is 24.6 Å². The summed E-state index contributed by atoms with van der Waals surface area (Å²) >= 11 is 1.64. The van der Waals surface area contributed by atoms with Gasteiger partial charge in [-0.3, -0.25) is 4.68 Å². The molecule has 0 saturated carbocycles. The highest BCUT2D eigenvalue weighted by atomic mass is 32.2. The van der Waals surface area contributed by atoms with Crippen LogP contribution in [-0.4, -0.2) is 9.78 Å². The van der Waals surface area contributed by atoms with Crippen LogP contribution in [0.3, 0.4) is 0 Å². The average Bonchev–Trinajstić information content (AvgIpc) is 2.58. The second-order valence-electron chi connectivity index (χ2n) is 3.49. The van der Waals surface area contributed by atoms with Crippen LogP contribution in [0.1, 0.15) is 5.56 Å². The van der Waals surface area contributed by atoms with Gasteiger partial charge < -0.3 is 5.73 Å². The smallest absolute Gasteiger partial charge is 0.0629 e. The van der Waals surface area contributed by atoms with Crippen LogP contribution in [-0.2, 0) is 7.05 Å². The van der Waals surface area contributed by atoms with Crippen molar-refractivity contribution in [3.63, 3.8) is 0 Å². The molecular weight excluding hydrogens is 206 g/mol. The van der Waals surface area contributed by atoms with E-state index < -0.39 is 0 Å². The Morgan fingerprint density at radius 3 is 2.87 bits per heavy atom. The summed E-state index contributed by atoms with van der Waals surface area (Å²) in [5, 5.41) is 4.12. The highest BCUT2D eigenvalue weighted by Crippen LogP contribution is 2.32. The van der Waals surface area contributed by atoms with Gasteiger partial charge in [-0.1, -0.05) is 17.8 Å². The molecule has 0 fully saturated rings. The van der Waals surface area contributed by atoms with Crippen molar-refractivity contribution in [1.82, 2.24) is 9.78 Å². The number of hydrogen-bond acceptors (Lipinski definition) is 3.